The second-order valence-corrected chi connectivity index (χ2v) is 6.06. The van der Waals surface area contributed by atoms with Gasteiger partial charge < -0.3 is 5.32 Å². The topological polar surface area (TPSA) is 42.0 Å². The number of rotatable bonds is 4. The summed E-state index contributed by atoms with van der Waals surface area (Å²) in [6.07, 6.45) is 6.86. The van der Waals surface area contributed by atoms with Crippen molar-refractivity contribution in [3.05, 3.63) is 42.2 Å². The van der Waals surface area contributed by atoms with Gasteiger partial charge in [0.25, 0.3) is 5.91 Å². The zero-order chi connectivity index (χ0) is 13.5. The third-order valence-corrected chi connectivity index (χ3v) is 4.43. The quantitative estimate of drug-likeness (QED) is 0.924. The molecule has 2 saturated carbocycles. The number of amides is 1. The van der Waals surface area contributed by atoms with Gasteiger partial charge in [-0.3, -0.25) is 4.79 Å². The lowest BCUT2D eigenvalue weighted by molar-refractivity contribution is 0.0922. The van der Waals surface area contributed by atoms with Gasteiger partial charge in [0, 0.05) is 23.4 Å². The maximum atomic E-state index is 12.5. The molecule has 1 heterocycles. The summed E-state index contributed by atoms with van der Waals surface area (Å²) in [6, 6.07) is 10.3. The lowest BCUT2D eigenvalue weighted by Gasteiger charge is -2.17. The Kier molecular flexibility index (Phi) is 2.72. The van der Waals surface area contributed by atoms with E-state index in [1.165, 1.54) is 25.7 Å². The molecule has 1 aliphatic heterocycles. The number of hydrogen-bond donors (Lipinski definition) is 1. The zero-order valence-electron chi connectivity index (χ0n) is 11.4. The summed E-state index contributed by atoms with van der Waals surface area (Å²) in [7, 11) is 0. The smallest absolute Gasteiger partial charge is 0.270 e. The van der Waals surface area contributed by atoms with Crippen LogP contribution in [-0.2, 0) is 0 Å². The Balaban J connectivity index is 1.58. The van der Waals surface area contributed by atoms with Crippen LogP contribution in [0.4, 0.5) is 0 Å². The number of hydrogen-bond acceptors (Lipinski definition) is 2. The SMILES string of the molecule is O=C(NC(C1CC1)C1CC1)c1ncc2cccccc1-2. The number of nitrogens with one attached hydrogen (secondary N) is 1. The standard InChI is InChI=1S/C17H18N2O/c20-17(19-15(11-6-7-11)12-8-9-12)16-14-5-3-1-2-4-13(14)10-18-16/h1-5,10-12,15H,6-9H2,(H,19,20). The van der Waals surface area contributed by atoms with Crippen molar-refractivity contribution in [2.75, 3.05) is 0 Å². The van der Waals surface area contributed by atoms with E-state index in [1.54, 1.807) is 6.20 Å². The van der Waals surface area contributed by atoms with Gasteiger partial charge in [0.1, 0.15) is 5.69 Å². The van der Waals surface area contributed by atoms with Crippen molar-refractivity contribution in [1.82, 2.24) is 10.3 Å². The summed E-state index contributed by atoms with van der Waals surface area (Å²) in [4.78, 5) is 16.8. The van der Waals surface area contributed by atoms with Crippen LogP contribution in [0.25, 0.3) is 11.1 Å². The lowest BCUT2D eigenvalue weighted by atomic mass is 10.1. The van der Waals surface area contributed by atoms with Gasteiger partial charge in [-0.25, -0.2) is 4.98 Å². The van der Waals surface area contributed by atoms with Crippen molar-refractivity contribution >= 4 is 5.91 Å². The highest BCUT2D eigenvalue weighted by molar-refractivity contribution is 6.00. The van der Waals surface area contributed by atoms with Gasteiger partial charge in [0.05, 0.1) is 0 Å². The van der Waals surface area contributed by atoms with E-state index in [0.717, 1.165) is 11.1 Å². The molecule has 3 heteroatoms. The molecular formula is C17H18N2O. The lowest BCUT2D eigenvalue weighted by Crippen LogP contribution is -2.38. The molecule has 0 spiro atoms. The van der Waals surface area contributed by atoms with Crippen LogP contribution in [0.5, 0.6) is 0 Å². The van der Waals surface area contributed by atoms with E-state index < -0.39 is 0 Å². The first-order valence-corrected chi connectivity index (χ1v) is 7.47. The normalized spacial score (nSPS) is 18.4. The van der Waals surface area contributed by atoms with Crippen LogP contribution in [-0.4, -0.2) is 16.9 Å². The number of carbonyl (C=O) groups is 1. The Morgan fingerprint density at radius 2 is 1.80 bits per heavy atom. The highest BCUT2D eigenvalue weighted by Crippen LogP contribution is 2.44. The largest absolute Gasteiger partial charge is 0.347 e. The molecule has 0 aromatic rings. The van der Waals surface area contributed by atoms with Gasteiger partial charge in [-0.05, 0) is 37.5 Å². The Bertz CT molecular complexity index is 604. The predicted octanol–water partition coefficient (Wildman–Crippen LogP) is 3.10. The number of fused-ring (bicyclic) bond motifs is 1. The second kappa shape index (κ2) is 4.58. The molecular weight excluding hydrogens is 248 g/mol. The molecule has 3 nitrogen and oxygen atoms in total. The summed E-state index contributed by atoms with van der Waals surface area (Å²) in [5.41, 5.74) is 2.54. The molecule has 0 atom stereocenters. The molecule has 0 aromatic heterocycles. The van der Waals surface area contributed by atoms with E-state index >= 15 is 0 Å². The average molecular weight is 266 g/mol. The Morgan fingerprint density at radius 1 is 1.10 bits per heavy atom. The third-order valence-electron chi connectivity index (χ3n) is 4.43. The Hall–Kier alpha value is -1.90. The highest BCUT2D eigenvalue weighted by Gasteiger charge is 2.42. The highest BCUT2D eigenvalue weighted by atomic mass is 16.2. The van der Waals surface area contributed by atoms with E-state index in [9.17, 15) is 4.79 Å². The fourth-order valence-electron chi connectivity index (χ4n) is 3.02. The van der Waals surface area contributed by atoms with Gasteiger partial charge >= 0.3 is 0 Å². The summed E-state index contributed by atoms with van der Waals surface area (Å²) >= 11 is 0. The van der Waals surface area contributed by atoms with Gasteiger partial charge in [0.15, 0.2) is 0 Å². The third kappa shape index (κ3) is 2.17. The van der Waals surface area contributed by atoms with Crippen molar-refractivity contribution < 1.29 is 4.79 Å². The minimum absolute atomic E-state index is 0.00463. The predicted molar refractivity (Wildman–Crippen MR) is 77.6 cm³/mol. The molecule has 0 bridgehead atoms. The summed E-state index contributed by atoms with van der Waals surface area (Å²) < 4.78 is 0. The van der Waals surface area contributed by atoms with Crippen molar-refractivity contribution in [2.45, 2.75) is 31.7 Å². The van der Waals surface area contributed by atoms with Crippen LogP contribution in [0.3, 0.4) is 0 Å². The monoisotopic (exact) mass is 266 g/mol. The van der Waals surface area contributed by atoms with E-state index in [4.69, 9.17) is 0 Å². The Morgan fingerprint density at radius 3 is 2.50 bits per heavy atom. The first-order chi connectivity index (χ1) is 9.83. The molecule has 20 heavy (non-hydrogen) atoms. The van der Waals surface area contributed by atoms with E-state index in [-0.39, 0.29) is 5.91 Å². The van der Waals surface area contributed by atoms with Crippen LogP contribution in [0, 0.1) is 11.8 Å². The first kappa shape index (κ1) is 11.9. The van der Waals surface area contributed by atoms with Gasteiger partial charge in [-0.1, -0.05) is 30.3 Å². The summed E-state index contributed by atoms with van der Waals surface area (Å²) in [6.45, 7) is 0. The molecule has 0 saturated heterocycles. The van der Waals surface area contributed by atoms with Gasteiger partial charge in [-0.15, -0.1) is 0 Å². The van der Waals surface area contributed by atoms with E-state index in [2.05, 4.69) is 10.3 Å². The van der Waals surface area contributed by atoms with Crippen molar-refractivity contribution in [3.63, 3.8) is 0 Å². The molecule has 4 aliphatic rings. The molecule has 3 aliphatic carbocycles. The molecule has 4 rings (SSSR count). The second-order valence-electron chi connectivity index (χ2n) is 6.06. The minimum Gasteiger partial charge on any atom is -0.347 e. The zero-order valence-corrected chi connectivity index (χ0v) is 11.4. The molecule has 102 valence electrons. The summed E-state index contributed by atoms with van der Waals surface area (Å²) in [5, 5.41) is 3.24. The molecule has 0 unspecified atom stereocenters. The van der Waals surface area contributed by atoms with Crippen molar-refractivity contribution in [3.8, 4) is 11.1 Å². The van der Waals surface area contributed by atoms with E-state index in [0.29, 0.717) is 23.6 Å². The number of carbonyl (C=O) groups excluding carboxylic acids is 1. The van der Waals surface area contributed by atoms with Crippen LogP contribution in [0.2, 0.25) is 0 Å². The van der Waals surface area contributed by atoms with Gasteiger partial charge in [-0.2, -0.15) is 0 Å². The van der Waals surface area contributed by atoms with Crippen molar-refractivity contribution in [2.24, 2.45) is 11.8 Å². The van der Waals surface area contributed by atoms with Crippen molar-refractivity contribution in [1.29, 1.82) is 0 Å². The minimum atomic E-state index is -0.00463. The summed E-state index contributed by atoms with van der Waals surface area (Å²) in [5.74, 6) is 1.42. The Labute approximate surface area is 118 Å². The molecule has 1 N–H and O–H groups in total. The van der Waals surface area contributed by atoms with E-state index in [1.807, 2.05) is 30.3 Å². The molecule has 0 radical (unpaired) electrons. The fraction of sp³-hybridized carbons (Fsp3) is 0.412. The number of nitrogens with zero attached hydrogens (tertiary/aromatic N) is 1. The van der Waals surface area contributed by atoms with Crippen LogP contribution >= 0.6 is 0 Å². The average Bonchev–Trinajstić information content (AvgIpc) is 3.34. The van der Waals surface area contributed by atoms with Crippen LogP contribution < -0.4 is 5.32 Å². The molecule has 1 amide bonds. The first-order valence-electron chi connectivity index (χ1n) is 7.47. The molecule has 0 aromatic carbocycles. The van der Waals surface area contributed by atoms with Gasteiger partial charge in [0.2, 0.25) is 0 Å². The van der Waals surface area contributed by atoms with Crippen LogP contribution in [0.15, 0.2) is 36.5 Å². The van der Waals surface area contributed by atoms with Crippen LogP contribution in [0.1, 0.15) is 36.2 Å². The maximum Gasteiger partial charge on any atom is 0.270 e. The fourth-order valence-corrected chi connectivity index (χ4v) is 3.02. The maximum absolute atomic E-state index is 12.5. The molecule has 2 fully saturated rings. The number of aromatic nitrogens is 1.